The van der Waals surface area contributed by atoms with Crippen molar-refractivity contribution in [3.63, 3.8) is 0 Å². The second kappa shape index (κ2) is 14.2. The second-order valence-corrected chi connectivity index (χ2v) is 13.8. The maximum atomic E-state index is 13.9. The number of aryl methyl sites for hydroxylation is 1. The maximum Gasteiger partial charge on any atom is 0.243 e. The van der Waals surface area contributed by atoms with E-state index in [2.05, 4.69) is 5.32 Å². The molecule has 0 saturated carbocycles. The van der Waals surface area contributed by atoms with Crippen LogP contribution >= 0.6 is 11.6 Å². The molecule has 1 atom stereocenters. The van der Waals surface area contributed by atoms with Gasteiger partial charge in [-0.25, -0.2) is 12.8 Å². The zero-order chi connectivity index (χ0) is 31.1. The summed E-state index contributed by atoms with van der Waals surface area (Å²) < 4.78 is 40.3. The summed E-state index contributed by atoms with van der Waals surface area (Å²) in [6, 6.07) is 19.4. The molecule has 42 heavy (non-hydrogen) atoms. The average Bonchev–Trinajstić information content (AvgIpc) is 2.90. The molecule has 0 heterocycles. The van der Waals surface area contributed by atoms with Crippen LogP contribution in [0.4, 0.5) is 10.1 Å². The van der Waals surface area contributed by atoms with Crippen molar-refractivity contribution < 1.29 is 22.4 Å². The Morgan fingerprint density at radius 3 is 2.21 bits per heavy atom. The Labute approximate surface area is 253 Å². The van der Waals surface area contributed by atoms with E-state index in [0.717, 1.165) is 17.4 Å². The van der Waals surface area contributed by atoms with Crippen molar-refractivity contribution in [2.75, 3.05) is 17.1 Å². The largest absolute Gasteiger partial charge is 0.350 e. The summed E-state index contributed by atoms with van der Waals surface area (Å²) in [6.07, 6.45) is 1.58. The fourth-order valence-corrected chi connectivity index (χ4v) is 5.81. The lowest BCUT2D eigenvalue weighted by molar-refractivity contribution is -0.142. The molecule has 3 aromatic rings. The molecule has 0 aliphatic heterocycles. The molecule has 0 aliphatic rings. The Balaban J connectivity index is 1.92. The van der Waals surface area contributed by atoms with Gasteiger partial charge in [0.2, 0.25) is 21.8 Å². The number of benzene rings is 3. The lowest BCUT2D eigenvalue weighted by Gasteiger charge is -2.34. The van der Waals surface area contributed by atoms with E-state index in [9.17, 15) is 22.4 Å². The highest BCUT2D eigenvalue weighted by Crippen LogP contribution is 2.27. The third-order valence-electron chi connectivity index (χ3n) is 6.63. The third-order valence-corrected chi connectivity index (χ3v) is 8.04. The monoisotopic (exact) mass is 615 g/mol. The average molecular weight is 616 g/mol. The van der Waals surface area contributed by atoms with Crippen molar-refractivity contribution in [2.24, 2.45) is 0 Å². The van der Waals surface area contributed by atoms with E-state index >= 15 is 0 Å². The van der Waals surface area contributed by atoms with Crippen LogP contribution in [0.15, 0.2) is 72.8 Å². The van der Waals surface area contributed by atoms with Gasteiger partial charge in [0.25, 0.3) is 0 Å². The smallest absolute Gasteiger partial charge is 0.243 e. The van der Waals surface area contributed by atoms with Gasteiger partial charge >= 0.3 is 0 Å². The molecule has 0 fully saturated rings. The Morgan fingerprint density at radius 2 is 1.62 bits per heavy atom. The number of anilines is 1. The minimum Gasteiger partial charge on any atom is -0.350 e. The van der Waals surface area contributed by atoms with E-state index in [0.29, 0.717) is 16.3 Å². The minimum absolute atomic E-state index is 0.0130. The Bertz CT molecular complexity index is 1480. The molecule has 0 aromatic heterocycles. The first-order chi connectivity index (χ1) is 19.6. The summed E-state index contributed by atoms with van der Waals surface area (Å²) in [7, 11) is -3.67. The van der Waals surface area contributed by atoms with Gasteiger partial charge in [-0.1, -0.05) is 60.1 Å². The highest BCUT2D eigenvalue weighted by Gasteiger charge is 2.32. The highest BCUT2D eigenvalue weighted by molar-refractivity contribution is 7.92. The molecule has 0 radical (unpaired) electrons. The van der Waals surface area contributed by atoms with E-state index in [1.165, 1.54) is 21.3 Å². The second-order valence-electron chi connectivity index (χ2n) is 11.5. The number of rotatable bonds is 12. The fraction of sp³-hybridized carbons (Fsp3) is 0.375. The van der Waals surface area contributed by atoms with Crippen LogP contribution < -0.4 is 9.62 Å². The highest BCUT2D eigenvalue weighted by atomic mass is 35.5. The van der Waals surface area contributed by atoms with Crippen molar-refractivity contribution in [1.82, 2.24) is 10.2 Å². The molecule has 10 heteroatoms. The fourth-order valence-electron chi connectivity index (χ4n) is 4.63. The number of sulfonamides is 1. The minimum atomic E-state index is -3.67. The molecule has 226 valence electrons. The number of hydrogen-bond acceptors (Lipinski definition) is 4. The predicted molar refractivity (Wildman–Crippen MR) is 166 cm³/mol. The van der Waals surface area contributed by atoms with Gasteiger partial charge in [-0.2, -0.15) is 0 Å². The molecule has 0 spiro atoms. The first kappa shape index (κ1) is 33.1. The summed E-state index contributed by atoms with van der Waals surface area (Å²) in [5, 5.41) is 3.41. The van der Waals surface area contributed by atoms with Crippen LogP contribution in [0.1, 0.15) is 50.3 Å². The van der Waals surface area contributed by atoms with Crippen LogP contribution in [-0.4, -0.2) is 49.5 Å². The van der Waals surface area contributed by atoms with Gasteiger partial charge in [0.05, 0.1) is 11.9 Å². The van der Waals surface area contributed by atoms with Crippen molar-refractivity contribution in [2.45, 2.75) is 65.1 Å². The van der Waals surface area contributed by atoms with Crippen molar-refractivity contribution in [3.8, 4) is 0 Å². The molecule has 3 rings (SSSR count). The predicted octanol–water partition coefficient (Wildman–Crippen LogP) is 5.89. The quantitative estimate of drug-likeness (QED) is 0.275. The van der Waals surface area contributed by atoms with Gasteiger partial charge < -0.3 is 10.2 Å². The number of amides is 2. The number of nitrogens with zero attached hydrogens (tertiary/aromatic N) is 2. The molecule has 2 amide bonds. The van der Waals surface area contributed by atoms with Crippen LogP contribution in [0.3, 0.4) is 0 Å². The van der Waals surface area contributed by atoms with Crippen molar-refractivity contribution >= 4 is 39.1 Å². The zero-order valence-corrected chi connectivity index (χ0v) is 26.3. The molecule has 0 aliphatic carbocycles. The molecule has 0 saturated heterocycles. The molecule has 0 unspecified atom stereocenters. The van der Waals surface area contributed by atoms with E-state index in [4.69, 9.17) is 11.6 Å². The lowest BCUT2D eigenvalue weighted by atomic mass is 10.00. The van der Waals surface area contributed by atoms with E-state index in [1.807, 2.05) is 51.1 Å². The number of hydrogen-bond donors (Lipinski definition) is 1. The summed E-state index contributed by atoms with van der Waals surface area (Å²) in [6.45, 7) is 7.53. The first-order valence-electron chi connectivity index (χ1n) is 13.8. The van der Waals surface area contributed by atoms with Gasteiger partial charge in [0.1, 0.15) is 11.9 Å². The van der Waals surface area contributed by atoms with Crippen LogP contribution in [0.5, 0.6) is 0 Å². The SMILES string of the molecule is Cc1ccc(Cl)cc1N(CCCC(=O)N(Cc1ccc(F)cc1)[C@H](Cc1ccccc1)C(=O)NC(C)(C)C)S(C)(=O)=O. The van der Waals surface area contributed by atoms with Crippen molar-refractivity contribution in [3.05, 3.63) is 100 Å². The molecule has 1 N–H and O–H groups in total. The summed E-state index contributed by atoms with van der Waals surface area (Å²) in [5.74, 6) is -1.03. The van der Waals surface area contributed by atoms with Gasteiger partial charge in [0.15, 0.2) is 0 Å². The molecule has 7 nitrogen and oxygen atoms in total. The van der Waals surface area contributed by atoms with Gasteiger partial charge in [0, 0.05) is 36.5 Å². The Kier molecular flexibility index (Phi) is 11.2. The molecular weight excluding hydrogens is 577 g/mol. The van der Waals surface area contributed by atoms with Crippen LogP contribution in [0.25, 0.3) is 0 Å². The standard InChI is InChI=1S/C32H39ClFN3O4S/c1-23-13-16-26(33)21-28(23)37(42(5,40)41)19-9-12-30(38)36(22-25-14-17-27(34)18-15-25)29(31(39)35-32(2,3)4)20-24-10-7-6-8-11-24/h6-8,10-11,13-18,21,29H,9,12,19-20,22H2,1-5H3,(H,35,39)/t29-/m1/s1. The first-order valence-corrected chi connectivity index (χ1v) is 16.0. The number of halogens is 2. The van der Waals surface area contributed by atoms with Crippen LogP contribution in [0, 0.1) is 12.7 Å². The Hall–Kier alpha value is -3.43. The van der Waals surface area contributed by atoms with E-state index in [1.54, 1.807) is 37.3 Å². The molecular formula is C32H39ClFN3O4S. The number of carbonyl (C=O) groups excluding carboxylic acids is 2. The zero-order valence-electron chi connectivity index (χ0n) is 24.7. The third kappa shape index (κ3) is 9.84. The normalized spacial score (nSPS) is 12.5. The molecule has 3 aromatic carbocycles. The van der Waals surface area contributed by atoms with Crippen molar-refractivity contribution in [1.29, 1.82) is 0 Å². The summed E-state index contributed by atoms with van der Waals surface area (Å²) in [5.41, 5.74) is 2.19. The van der Waals surface area contributed by atoms with Gasteiger partial charge in [-0.3, -0.25) is 13.9 Å². The summed E-state index contributed by atoms with van der Waals surface area (Å²) in [4.78, 5) is 29.1. The van der Waals surface area contributed by atoms with Crippen LogP contribution in [0.2, 0.25) is 5.02 Å². The topological polar surface area (TPSA) is 86.8 Å². The Morgan fingerprint density at radius 1 is 0.976 bits per heavy atom. The van der Waals surface area contributed by atoms with E-state index in [-0.39, 0.29) is 44.2 Å². The van der Waals surface area contributed by atoms with Gasteiger partial charge in [-0.05, 0) is 75.1 Å². The lowest BCUT2D eigenvalue weighted by Crippen LogP contribution is -2.54. The molecule has 0 bridgehead atoms. The van der Waals surface area contributed by atoms with Crippen LogP contribution in [-0.2, 0) is 32.6 Å². The maximum absolute atomic E-state index is 13.9. The van der Waals surface area contributed by atoms with Gasteiger partial charge in [-0.15, -0.1) is 0 Å². The number of carbonyl (C=O) groups is 2. The summed E-state index contributed by atoms with van der Waals surface area (Å²) >= 11 is 6.16. The number of nitrogens with one attached hydrogen (secondary N) is 1. The van der Waals surface area contributed by atoms with E-state index < -0.39 is 27.4 Å².